The molecule has 0 aliphatic heterocycles. The molecular formula is C10H16N2O2S. The van der Waals surface area contributed by atoms with Crippen molar-refractivity contribution in [2.24, 2.45) is 0 Å². The van der Waals surface area contributed by atoms with Gasteiger partial charge in [-0.2, -0.15) is 12.7 Å². The van der Waals surface area contributed by atoms with E-state index < -0.39 is 10.2 Å². The lowest BCUT2D eigenvalue weighted by Crippen LogP contribution is -2.37. The van der Waals surface area contributed by atoms with Gasteiger partial charge in [0.1, 0.15) is 0 Å². The molecule has 0 amide bonds. The molecule has 1 rings (SSSR count). The SMILES string of the molecule is Cc1cccc(N(C)S(=O)(=O)N(C)C)c1. The zero-order valence-electron chi connectivity index (χ0n) is 9.43. The van der Waals surface area contributed by atoms with Crippen molar-refractivity contribution in [1.29, 1.82) is 0 Å². The van der Waals surface area contributed by atoms with Gasteiger partial charge >= 0.3 is 10.2 Å². The molecule has 1 aromatic carbocycles. The maximum atomic E-state index is 11.8. The van der Waals surface area contributed by atoms with Crippen LogP contribution in [0.2, 0.25) is 0 Å². The molecule has 4 nitrogen and oxygen atoms in total. The van der Waals surface area contributed by atoms with Gasteiger partial charge in [0.15, 0.2) is 0 Å². The molecule has 0 saturated heterocycles. The third kappa shape index (κ3) is 2.49. The van der Waals surface area contributed by atoms with Crippen LogP contribution >= 0.6 is 0 Å². The van der Waals surface area contributed by atoms with Crippen molar-refractivity contribution in [2.75, 3.05) is 25.4 Å². The van der Waals surface area contributed by atoms with E-state index in [4.69, 9.17) is 0 Å². The van der Waals surface area contributed by atoms with E-state index in [-0.39, 0.29) is 0 Å². The first-order valence-electron chi connectivity index (χ1n) is 4.59. The molecule has 0 aliphatic rings. The van der Waals surface area contributed by atoms with Gasteiger partial charge in [-0.15, -0.1) is 0 Å². The lowest BCUT2D eigenvalue weighted by molar-refractivity contribution is 0.519. The van der Waals surface area contributed by atoms with Crippen LogP contribution in [0.5, 0.6) is 0 Å². The quantitative estimate of drug-likeness (QED) is 0.781. The molecular weight excluding hydrogens is 212 g/mol. The molecule has 0 radical (unpaired) electrons. The van der Waals surface area contributed by atoms with Crippen LogP contribution in [0, 0.1) is 6.92 Å². The van der Waals surface area contributed by atoms with Gasteiger partial charge < -0.3 is 0 Å². The summed E-state index contributed by atoms with van der Waals surface area (Å²) in [4.78, 5) is 0. The van der Waals surface area contributed by atoms with Crippen molar-refractivity contribution in [3.8, 4) is 0 Å². The Morgan fingerprint density at radius 3 is 2.20 bits per heavy atom. The summed E-state index contributed by atoms with van der Waals surface area (Å²) in [7, 11) is 1.20. The van der Waals surface area contributed by atoms with Gasteiger partial charge in [0.2, 0.25) is 0 Å². The average molecular weight is 228 g/mol. The highest BCUT2D eigenvalue weighted by atomic mass is 32.2. The molecule has 5 heteroatoms. The second-order valence-electron chi connectivity index (χ2n) is 3.60. The number of rotatable bonds is 3. The molecule has 0 unspecified atom stereocenters. The van der Waals surface area contributed by atoms with E-state index in [0.29, 0.717) is 5.69 Å². The highest BCUT2D eigenvalue weighted by Crippen LogP contribution is 2.18. The van der Waals surface area contributed by atoms with Crippen LogP contribution in [0.3, 0.4) is 0 Å². The Hall–Kier alpha value is -1.07. The Balaban J connectivity index is 3.10. The Labute approximate surface area is 91.3 Å². The normalized spacial score (nSPS) is 11.8. The van der Waals surface area contributed by atoms with Crippen molar-refractivity contribution in [3.63, 3.8) is 0 Å². The number of hydrogen-bond donors (Lipinski definition) is 0. The van der Waals surface area contributed by atoms with Gasteiger partial charge in [0.25, 0.3) is 0 Å². The fraction of sp³-hybridized carbons (Fsp3) is 0.400. The minimum Gasteiger partial charge on any atom is -0.261 e. The standard InChI is InChI=1S/C10H16N2O2S/c1-9-6-5-7-10(8-9)12(4)15(13,14)11(2)3/h5-8H,1-4H3. The van der Waals surface area contributed by atoms with E-state index >= 15 is 0 Å². The van der Waals surface area contributed by atoms with Crippen LogP contribution in [-0.4, -0.2) is 33.9 Å². The monoisotopic (exact) mass is 228 g/mol. The smallest absolute Gasteiger partial charge is 0.261 e. The van der Waals surface area contributed by atoms with Gasteiger partial charge in [-0.3, -0.25) is 4.31 Å². The summed E-state index contributed by atoms with van der Waals surface area (Å²) in [6, 6.07) is 7.38. The molecule has 15 heavy (non-hydrogen) atoms. The fourth-order valence-corrected chi connectivity index (χ4v) is 2.07. The van der Waals surface area contributed by atoms with Crippen LogP contribution in [0.4, 0.5) is 5.69 Å². The molecule has 0 bridgehead atoms. The summed E-state index contributed by atoms with van der Waals surface area (Å²) in [6.45, 7) is 1.93. The topological polar surface area (TPSA) is 40.6 Å². The molecule has 0 aliphatic carbocycles. The predicted octanol–water partition coefficient (Wildman–Crippen LogP) is 1.24. The van der Waals surface area contributed by atoms with Crippen molar-refractivity contribution in [3.05, 3.63) is 29.8 Å². The van der Waals surface area contributed by atoms with Crippen LogP contribution < -0.4 is 4.31 Å². The molecule has 0 heterocycles. The number of aryl methyl sites for hydroxylation is 1. The third-order valence-corrected chi connectivity index (χ3v) is 4.00. The highest BCUT2D eigenvalue weighted by Gasteiger charge is 2.20. The predicted molar refractivity (Wildman–Crippen MR) is 62.2 cm³/mol. The van der Waals surface area contributed by atoms with E-state index in [2.05, 4.69) is 0 Å². The summed E-state index contributed by atoms with van der Waals surface area (Å²) in [5, 5.41) is 0. The largest absolute Gasteiger partial charge is 0.303 e. The van der Waals surface area contributed by atoms with E-state index in [0.717, 1.165) is 5.56 Å². The maximum Gasteiger partial charge on any atom is 0.303 e. The van der Waals surface area contributed by atoms with E-state index in [1.165, 1.54) is 22.7 Å². The molecule has 0 saturated carbocycles. The molecule has 0 atom stereocenters. The molecule has 0 aromatic heterocycles. The van der Waals surface area contributed by atoms with Crippen molar-refractivity contribution < 1.29 is 8.42 Å². The first-order chi connectivity index (χ1) is 6.85. The zero-order chi connectivity index (χ0) is 11.6. The van der Waals surface area contributed by atoms with E-state index in [1.807, 2.05) is 25.1 Å². The number of benzene rings is 1. The Morgan fingerprint density at radius 1 is 1.13 bits per heavy atom. The molecule has 1 aromatic rings. The second-order valence-corrected chi connectivity index (χ2v) is 5.77. The summed E-state index contributed by atoms with van der Waals surface area (Å²) < 4.78 is 26.0. The van der Waals surface area contributed by atoms with Gasteiger partial charge in [-0.05, 0) is 24.6 Å². The van der Waals surface area contributed by atoms with Gasteiger partial charge in [-0.1, -0.05) is 12.1 Å². The Morgan fingerprint density at radius 2 is 1.73 bits per heavy atom. The second kappa shape index (κ2) is 4.20. The molecule has 0 fully saturated rings. The zero-order valence-corrected chi connectivity index (χ0v) is 10.2. The number of nitrogens with zero attached hydrogens (tertiary/aromatic N) is 2. The van der Waals surface area contributed by atoms with Crippen LogP contribution in [0.1, 0.15) is 5.56 Å². The molecule has 84 valence electrons. The van der Waals surface area contributed by atoms with Gasteiger partial charge in [0.05, 0.1) is 5.69 Å². The van der Waals surface area contributed by atoms with E-state index in [1.54, 1.807) is 13.1 Å². The van der Waals surface area contributed by atoms with Gasteiger partial charge in [-0.25, -0.2) is 0 Å². The third-order valence-electron chi connectivity index (χ3n) is 2.17. The lowest BCUT2D eigenvalue weighted by Gasteiger charge is -2.23. The van der Waals surface area contributed by atoms with Crippen molar-refractivity contribution in [1.82, 2.24) is 4.31 Å². The van der Waals surface area contributed by atoms with Crippen LogP contribution in [0.15, 0.2) is 24.3 Å². The highest BCUT2D eigenvalue weighted by molar-refractivity contribution is 7.90. The maximum absolute atomic E-state index is 11.8. The van der Waals surface area contributed by atoms with Crippen LogP contribution in [-0.2, 0) is 10.2 Å². The first-order valence-corrected chi connectivity index (χ1v) is 5.98. The Bertz CT molecular complexity index is 440. The first kappa shape index (κ1) is 12.0. The summed E-state index contributed by atoms with van der Waals surface area (Å²) in [5.74, 6) is 0. The lowest BCUT2D eigenvalue weighted by atomic mass is 10.2. The van der Waals surface area contributed by atoms with Crippen molar-refractivity contribution >= 4 is 15.9 Å². The fourth-order valence-electron chi connectivity index (χ4n) is 1.20. The Kier molecular flexibility index (Phi) is 3.36. The van der Waals surface area contributed by atoms with Gasteiger partial charge in [0, 0.05) is 21.1 Å². The minimum atomic E-state index is -3.38. The van der Waals surface area contributed by atoms with E-state index in [9.17, 15) is 8.42 Å². The molecule has 0 N–H and O–H groups in total. The van der Waals surface area contributed by atoms with Crippen molar-refractivity contribution in [2.45, 2.75) is 6.92 Å². The summed E-state index contributed by atoms with van der Waals surface area (Å²) in [6.07, 6.45) is 0. The van der Waals surface area contributed by atoms with Crippen LogP contribution in [0.25, 0.3) is 0 Å². The minimum absolute atomic E-state index is 0.670. The number of hydrogen-bond acceptors (Lipinski definition) is 2. The summed E-state index contributed by atoms with van der Waals surface area (Å²) in [5.41, 5.74) is 1.71. The average Bonchev–Trinajstić information content (AvgIpc) is 2.16. The summed E-state index contributed by atoms with van der Waals surface area (Å²) >= 11 is 0. The number of anilines is 1. The molecule has 0 spiro atoms.